The lowest BCUT2D eigenvalue weighted by atomic mass is 9.87. The lowest BCUT2D eigenvalue weighted by molar-refractivity contribution is -0.113. The van der Waals surface area contributed by atoms with Gasteiger partial charge in [-0.25, -0.2) is 9.59 Å². The topological polar surface area (TPSA) is 81.7 Å². The molecule has 6 nitrogen and oxygen atoms in total. The number of carbonyl (C=O) groups excluding carboxylic acids is 3. The van der Waals surface area contributed by atoms with E-state index >= 15 is 0 Å². The van der Waals surface area contributed by atoms with Crippen molar-refractivity contribution < 1.29 is 23.9 Å². The summed E-state index contributed by atoms with van der Waals surface area (Å²) < 4.78 is 9.43. The molecule has 0 fully saturated rings. The highest BCUT2D eigenvalue weighted by Gasteiger charge is 2.18. The highest BCUT2D eigenvalue weighted by molar-refractivity contribution is 8.00. The summed E-state index contributed by atoms with van der Waals surface area (Å²) in [6.45, 7) is 6.43. The summed E-state index contributed by atoms with van der Waals surface area (Å²) in [7, 11) is 2.51. The maximum atomic E-state index is 12.4. The molecular formula is C22H25NO5S. The van der Waals surface area contributed by atoms with Crippen LogP contribution in [0.3, 0.4) is 0 Å². The number of hydrogen-bond donors (Lipinski definition) is 1. The van der Waals surface area contributed by atoms with Crippen LogP contribution < -0.4 is 5.32 Å². The molecule has 0 unspecified atom stereocenters. The van der Waals surface area contributed by atoms with Crippen molar-refractivity contribution in [1.82, 2.24) is 0 Å². The normalized spacial score (nSPS) is 10.9. The first kappa shape index (κ1) is 22.5. The summed E-state index contributed by atoms with van der Waals surface area (Å²) in [5.74, 6) is -1.33. The van der Waals surface area contributed by atoms with Gasteiger partial charge in [0.1, 0.15) is 0 Å². The van der Waals surface area contributed by atoms with Crippen LogP contribution >= 0.6 is 11.8 Å². The van der Waals surface area contributed by atoms with E-state index in [9.17, 15) is 14.4 Å². The molecule has 0 radical (unpaired) electrons. The Bertz CT molecular complexity index is 900. The molecule has 2 aromatic rings. The van der Waals surface area contributed by atoms with E-state index in [2.05, 4.69) is 43.0 Å². The van der Waals surface area contributed by atoms with Crippen molar-refractivity contribution in [2.24, 2.45) is 0 Å². The number of thioether (sulfide) groups is 1. The second kappa shape index (κ2) is 9.60. The van der Waals surface area contributed by atoms with Crippen LogP contribution in [0.4, 0.5) is 5.69 Å². The van der Waals surface area contributed by atoms with Crippen LogP contribution in [0.15, 0.2) is 47.4 Å². The molecule has 0 bridgehead atoms. The van der Waals surface area contributed by atoms with Gasteiger partial charge in [-0.3, -0.25) is 4.79 Å². The van der Waals surface area contributed by atoms with Crippen LogP contribution in [-0.4, -0.2) is 37.8 Å². The van der Waals surface area contributed by atoms with Gasteiger partial charge in [0.15, 0.2) is 0 Å². The molecule has 0 aliphatic rings. The number of ether oxygens (including phenoxy) is 2. The summed E-state index contributed by atoms with van der Waals surface area (Å²) in [5.41, 5.74) is 1.87. The van der Waals surface area contributed by atoms with Gasteiger partial charge in [0.05, 0.1) is 36.8 Å². The number of esters is 2. The Labute approximate surface area is 175 Å². The van der Waals surface area contributed by atoms with E-state index in [0.29, 0.717) is 0 Å². The molecule has 2 aromatic carbocycles. The molecule has 0 atom stereocenters. The van der Waals surface area contributed by atoms with Crippen molar-refractivity contribution in [1.29, 1.82) is 0 Å². The smallest absolute Gasteiger partial charge is 0.339 e. The van der Waals surface area contributed by atoms with Gasteiger partial charge in [-0.2, -0.15) is 0 Å². The van der Waals surface area contributed by atoms with Gasteiger partial charge >= 0.3 is 11.9 Å². The average Bonchev–Trinajstić information content (AvgIpc) is 2.70. The lowest BCUT2D eigenvalue weighted by Crippen LogP contribution is -2.18. The second-order valence-corrected chi connectivity index (χ2v) is 8.40. The summed E-state index contributed by atoms with van der Waals surface area (Å²) >= 11 is 1.38. The fourth-order valence-corrected chi connectivity index (χ4v) is 3.27. The van der Waals surface area contributed by atoms with Crippen molar-refractivity contribution in [3.05, 3.63) is 59.2 Å². The van der Waals surface area contributed by atoms with Gasteiger partial charge in [-0.05, 0) is 41.3 Å². The first-order valence-electron chi connectivity index (χ1n) is 8.99. The third-order valence-corrected chi connectivity index (χ3v) is 5.22. The van der Waals surface area contributed by atoms with Crippen molar-refractivity contribution in [2.45, 2.75) is 31.1 Å². The van der Waals surface area contributed by atoms with Gasteiger partial charge in [0, 0.05) is 4.90 Å². The Kier molecular flexibility index (Phi) is 7.45. The Morgan fingerprint density at radius 2 is 1.55 bits per heavy atom. The van der Waals surface area contributed by atoms with E-state index in [1.165, 1.54) is 49.7 Å². The van der Waals surface area contributed by atoms with Crippen LogP contribution in [0.25, 0.3) is 0 Å². The van der Waals surface area contributed by atoms with Gasteiger partial charge in [-0.15, -0.1) is 11.8 Å². The number of methoxy groups -OCH3 is 2. The van der Waals surface area contributed by atoms with Crippen molar-refractivity contribution in [3.63, 3.8) is 0 Å². The van der Waals surface area contributed by atoms with Gasteiger partial charge < -0.3 is 14.8 Å². The molecule has 0 saturated heterocycles. The Morgan fingerprint density at radius 3 is 2.10 bits per heavy atom. The van der Waals surface area contributed by atoms with E-state index in [-0.39, 0.29) is 33.9 Å². The minimum Gasteiger partial charge on any atom is -0.465 e. The maximum absolute atomic E-state index is 12.4. The summed E-state index contributed by atoms with van der Waals surface area (Å²) in [4.78, 5) is 37.1. The largest absolute Gasteiger partial charge is 0.465 e. The van der Waals surface area contributed by atoms with Gasteiger partial charge in [-0.1, -0.05) is 32.9 Å². The first-order valence-corrected chi connectivity index (χ1v) is 9.98. The van der Waals surface area contributed by atoms with Crippen LogP contribution in [-0.2, 0) is 19.7 Å². The Hall–Kier alpha value is -2.80. The SMILES string of the molecule is COC(=O)c1ccc(C(=O)OC)c(NC(=O)CSc2ccc(C(C)(C)C)cc2)c1. The number of nitrogens with one attached hydrogen (secondary N) is 1. The number of carbonyl (C=O) groups is 3. The summed E-state index contributed by atoms with van der Waals surface area (Å²) in [6, 6.07) is 12.3. The molecule has 0 heterocycles. The highest BCUT2D eigenvalue weighted by Crippen LogP contribution is 2.26. The quantitative estimate of drug-likeness (QED) is 0.560. The van der Waals surface area contributed by atoms with E-state index < -0.39 is 11.9 Å². The van der Waals surface area contributed by atoms with E-state index in [0.717, 1.165) is 4.90 Å². The minimum atomic E-state index is -0.609. The lowest BCUT2D eigenvalue weighted by Gasteiger charge is -2.19. The zero-order chi connectivity index (χ0) is 21.6. The summed E-state index contributed by atoms with van der Waals surface area (Å²) in [5, 5.41) is 2.68. The first-order chi connectivity index (χ1) is 13.7. The van der Waals surface area contributed by atoms with Crippen molar-refractivity contribution >= 4 is 35.3 Å². The van der Waals surface area contributed by atoms with Crippen LogP contribution in [0.1, 0.15) is 47.1 Å². The van der Waals surface area contributed by atoms with Crippen molar-refractivity contribution in [2.75, 3.05) is 25.3 Å². The van der Waals surface area contributed by atoms with Gasteiger partial charge in [0.2, 0.25) is 5.91 Å². The molecule has 29 heavy (non-hydrogen) atoms. The molecule has 1 amide bonds. The molecule has 1 N–H and O–H groups in total. The van der Waals surface area contributed by atoms with Crippen LogP contribution in [0, 0.1) is 0 Å². The number of anilines is 1. The molecule has 7 heteroatoms. The van der Waals surface area contributed by atoms with E-state index in [1.54, 1.807) is 0 Å². The fourth-order valence-electron chi connectivity index (χ4n) is 2.57. The van der Waals surface area contributed by atoms with Crippen molar-refractivity contribution in [3.8, 4) is 0 Å². The van der Waals surface area contributed by atoms with Gasteiger partial charge in [0.25, 0.3) is 0 Å². The molecular weight excluding hydrogens is 390 g/mol. The second-order valence-electron chi connectivity index (χ2n) is 7.35. The minimum absolute atomic E-state index is 0.0650. The predicted molar refractivity (Wildman–Crippen MR) is 114 cm³/mol. The number of benzene rings is 2. The zero-order valence-electron chi connectivity index (χ0n) is 17.2. The highest BCUT2D eigenvalue weighted by atomic mass is 32.2. The molecule has 0 aliphatic heterocycles. The van der Waals surface area contributed by atoms with E-state index in [4.69, 9.17) is 4.74 Å². The molecule has 0 aromatic heterocycles. The Morgan fingerprint density at radius 1 is 0.931 bits per heavy atom. The molecule has 0 spiro atoms. The Balaban J connectivity index is 2.10. The average molecular weight is 416 g/mol. The molecule has 0 saturated carbocycles. The predicted octanol–water partition coefficient (Wildman–Crippen LogP) is 4.29. The molecule has 2 rings (SSSR count). The fraction of sp³-hybridized carbons (Fsp3) is 0.318. The van der Waals surface area contributed by atoms with Crippen LogP contribution in [0.2, 0.25) is 0 Å². The maximum Gasteiger partial charge on any atom is 0.339 e. The summed E-state index contributed by atoms with van der Waals surface area (Å²) in [6.07, 6.45) is 0. The number of rotatable bonds is 6. The third kappa shape index (κ3) is 6.09. The standard InChI is InChI=1S/C22H25NO5S/c1-22(2,3)15-7-9-16(10-8-15)29-13-19(24)23-18-12-14(20(25)27-4)6-11-17(18)21(26)28-5/h6-12H,13H2,1-5H3,(H,23,24). The monoisotopic (exact) mass is 415 g/mol. The third-order valence-electron chi connectivity index (χ3n) is 4.21. The van der Waals surface area contributed by atoms with E-state index in [1.807, 2.05) is 12.1 Å². The number of amides is 1. The zero-order valence-corrected chi connectivity index (χ0v) is 18.0. The molecule has 154 valence electrons. The van der Waals surface area contributed by atoms with Crippen LogP contribution in [0.5, 0.6) is 0 Å². The molecule has 0 aliphatic carbocycles. The number of hydrogen-bond acceptors (Lipinski definition) is 6.